The number of hydrogen-bond acceptors (Lipinski definition) is 6. The average Bonchev–Trinajstić information content (AvgIpc) is 3.28. The Morgan fingerprint density at radius 2 is 2.32 bits per heavy atom. The van der Waals surface area contributed by atoms with Crippen molar-refractivity contribution >= 4 is 28.3 Å². The number of aryl methyl sites for hydroxylation is 1. The lowest BCUT2D eigenvalue weighted by Gasteiger charge is -2.22. The van der Waals surface area contributed by atoms with Gasteiger partial charge in [-0.15, -0.1) is 11.3 Å². The number of carbonyl (C=O) groups is 2. The third kappa shape index (κ3) is 3.91. The summed E-state index contributed by atoms with van der Waals surface area (Å²) >= 11 is 1.31. The van der Waals surface area contributed by atoms with Crippen LogP contribution in [0.2, 0.25) is 0 Å². The lowest BCUT2D eigenvalue weighted by atomic mass is 9.90. The minimum atomic E-state index is -0.267. The SMILES string of the molecule is Cc1occc1C(=O)Nc1nc(CC(=O)N2CCC(C)(CN)C2)cs1. The van der Waals surface area contributed by atoms with Crippen molar-refractivity contribution in [1.29, 1.82) is 0 Å². The first-order valence-corrected chi connectivity index (χ1v) is 9.06. The normalized spacial score (nSPS) is 20.0. The molecule has 3 N–H and O–H groups in total. The molecule has 0 aromatic carbocycles. The summed E-state index contributed by atoms with van der Waals surface area (Å²) in [4.78, 5) is 30.8. The molecule has 7 nitrogen and oxygen atoms in total. The van der Waals surface area contributed by atoms with Crippen LogP contribution in [0.4, 0.5) is 5.13 Å². The lowest BCUT2D eigenvalue weighted by molar-refractivity contribution is -0.129. The third-order valence-electron chi connectivity index (χ3n) is 4.61. The van der Waals surface area contributed by atoms with E-state index in [0.29, 0.717) is 35.2 Å². The Hall–Kier alpha value is -2.19. The number of nitrogens with one attached hydrogen (secondary N) is 1. The number of nitrogens with two attached hydrogens (primary N) is 1. The van der Waals surface area contributed by atoms with Crippen LogP contribution < -0.4 is 11.1 Å². The van der Waals surface area contributed by atoms with Gasteiger partial charge in [-0.25, -0.2) is 4.98 Å². The molecule has 1 unspecified atom stereocenters. The van der Waals surface area contributed by atoms with E-state index in [1.807, 2.05) is 4.90 Å². The van der Waals surface area contributed by atoms with Crippen LogP contribution in [0.3, 0.4) is 0 Å². The van der Waals surface area contributed by atoms with Gasteiger partial charge in [0, 0.05) is 18.5 Å². The highest BCUT2D eigenvalue weighted by Crippen LogP contribution is 2.29. The molecular formula is C17H22N4O3S. The van der Waals surface area contributed by atoms with Crippen LogP contribution in [-0.2, 0) is 11.2 Å². The van der Waals surface area contributed by atoms with E-state index in [1.54, 1.807) is 18.4 Å². The van der Waals surface area contributed by atoms with Gasteiger partial charge in [0.15, 0.2) is 5.13 Å². The number of likely N-dealkylation sites (tertiary alicyclic amines) is 1. The Kier molecular flexibility index (Phi) is 4.91. The first-order valence-electron chi connectivity index (χ1n) is 8.18. The maximum Gasteiger partial charge on any atom is 0.260 e. The van der Waals surface area contributed by atoms with E-state index in [4.69, 9.17) is 10.2 Å². The van der Waals surface area contributed by atoms with Crippen molar-refractivity contribution < 1.29 is 14.0 Å². The first kappa shape index (κ1) is 17.6. The van der Waals surface area contributed by atoms with Crippen molar-refractivity contribution in [2.45, 2.75) is 26.7 Å². The number of nitrogens with zero attached hydrogens (tertiary/aromatic N) is 2. The molecule has 1 aliphatic heterocycles. The Balaban J connectivity index is 1.58. The van der Waals surface area contributed by atoms with Crippen LogP contribution in [0.1, 0.15) is 35.2 Å². The van der Waals surface area contributed by atoms with E-state index < -0.39 is 0 Å². The van der Waals surface area contributed by atoms with Gasteiger partial charge in [0.05, 0.1) is 23.9 Å². The van der Waals surface area contributed by atoms with Crippen molar-refractivity contribution in [3.63, 3.8) is 0 Å². The summed E-state index contributed by atoms with van der Waals surface area (Å²) in [6.07, 6.45) is 2.64. The Morgan fingerprint density at radius 1 is 1.52 bits per heavy atom. The summed E-state index contributed by atoms with van der Waals surface area (Å²) in [7, 11) is 0. The molecule has 2 aromatic rings. The lowest BCUT2D eigenvalue weighted by Crippen LogP contribution is -2.35. The zero-order valence-corrected chi connectivity index (χ0v) is 15.2. The zero-order chi connectivity index (χ0) is 18.0. The second kappa shape index (κ2) is 6.97. The summed E-state index contributed by atoms with van der Waals surface area (Å²) in [5.74, 6) is 0.337. The molecule has 0 saturated carbocycles. The minimum absolute atomic E-state index is 0.0132. The molecule has 1 saturated heterocycles. The van der Waals surface area contributed by atoms with Crippen LogP contribution in [0.25, 0.3) is 0 Å². The fourth-order valence-corrected chi connectivity index (χ4v) is 3.61. The number of anilines is 1. The number of hydrogen-bond donors (Lipinski definition) is 2. The number of rotatable bonds is 5. The number of carbonyl (C=O) groups excluding carboxylic acids is 2. The van der Waals surface area contributed by atoms with E-state index in [0.717, 1.165) is 13.0 Å². The van der Waals surface area contributed by atoms with Crippen molar-refractivity contribution in [3.8, 4) is 0 Å². The fraction of sp³-hybridized carbons (Fsp3) is 0.471. The van der Waals surface area contributed by atoms with Crippen LogP contribution in [0, 0.1) is 12.3 Å². The monoisotopic (exact) mass is 362 g/mol. The first-order chi connectivity index (χ1) is 11.9. The molecule has 0 radical (unpaired) electrons. The van der Waals surface area contributed by atoms with Gasteiger partial charge in [-0.05, 0) is 31.4 Å². The molecule has 1 aliphatic rings. The van der Waals surface area contributed by atoms with Crippen molar-refractivity contribution in [2.75, 3.05) is 25.0 Å². The van der Waals surface area contributed by atoms with E-state index in [9.17, 15) is 9.59 Å². The largest absolute Gasteiger partial charge is 0.469 e. The molecule has 3 rings (SSSR count). The van der Waals surface area contributed by atoms with Gasteiger partial charge >= 0.3 is 0 Å². The minimum Gasteiger partial charge on any atom is -0.469 e. The van der Waals surface area contributed by atoms with Gasteiger partial charge < -0.3 is 15.1 Å². The Morgan fingerprint density at radius 3 is 2.96 bits per heavy atom. The van der Waals surface area contributed by atoms with Gasteiger partial charge in [0.1, 0.15) is 5.76 Å². The van der Waals surface area contributed by atoms with Gasteiger partial charge in [-0.1, -0.05) is 6.92 Å². The molecule has 3 heterocycles. The molecule has 2 aromatic heterocycles. The zero-order valence-electron chi connectivity index (χ0n) is 14.4. The van der Waals surface area contributed by atoms with Gasteiger partial charge in [-0.3, -0.25) is 14.9 Å². The third-order valence-corrected chi connectivity index (χ3v) is 5.42. The van der Waals surface area contributed by atoms with Crippen LogP contribution >= 0.6 is 11.3 Å². The predicted octanol–water partition coefficient (Wildman–Crippen LogP) is 2.04. The van der Waals surface area contributed by atoms with E-state index in [2.05, 4.69) is 17.2 Å². The standard InChI is InChI=1S/C17H22N4O3S/c1-11-13(3-6-24-11)15(23)20-16-19-12(8-25-16)7-14(22)21-5-4-17(2,9-18)10-21/h3,6,8H,4-5,7,9-10,18H2,1-2H3,(H,19,20,23). The molecule has 0 bridgehead atoms. The summed E-state index contributed by atoms with van der Waals surface area (Å²) in [6, 6.07) is 1.62. The predicted molar refractivity (Wildman–Crippen MR) is 95.6 cm³/mol. The highest BCUT2D eigenvalue weighted by Gasteiger charge is 2.34. The van der Waals surface area contributed by atoms with Gasteiger partial charge in [-0.2, -0.15) is 0 Å². The topological polar surface area (TPSA) is 101 Å². The number of thiazole rings is 1. The summed E-state index contributed by atoms with van der Waals surface area (Å²) in [5.41, 5.74) is 6.94. The molecule has 1 fully saturated rings. The van der Waals surface area contributed by atoms with Crippen LogP contribution in [0.5, 0.6) is 0 Å². The molecule has 0 aliphatic carbocycles. The van der Waals surface area contributed by atoms with E-state index >= 15 is 0 Å². The maximum absolute atomic E-state index is 12.4. The molecule has 1 atom stereocenters. The Labute approximate surface area is 150 Å². The second-order valence-electron chi connectivity index (χ2n) is 6.75. The van der Waals surface area contributed by atoms with Gasteiger partial charge in [0.2, 0.25) is 5.91 Å². The van der Waals surface area contributed by atoms with Crippen LogP contribution in [0.15, 0.2) is 22.1 Å². The second-order valence-corrected chi connectivity index (χ2v) is 7.60. The summed E-state index contributed by atoms with van der Waals surface area (Å²) < 4.78 is 5.13. The quantitative estimate of drug-likeness (QED) is 0.847. The molecule has 2 amide bonds. The van der Waals surface area contributed by atoms with Crippen molar-refractivity contribution in [1.82, 2.24) is 9.88 Å². The molecule has 134 valence electrons. The average molecular weight is 362 g/mol. The number of aromatic nitrogens is 1. The molecular weight excluding hydrogens is 340 g/mol. The smallest absolute Gasteiger partial charge is 0.260 e. The van der Waals surface area contributed by atoms with Crippen molar-refractivity contribution in [3.05, 3.63) is 34.7 Å². The summed E-state index contributed by atoms with van der Waals surface area (Å²) in [5, 5.41) is 5.01. The molecule has 0 spiro atoms. The number of amides is 2. The van der Waals surface area contributed by atoms with Gasteiger partial charge in [0.25, 0.3) is 5.91 Å². The Bertz CT molecular complexity index is 784. The van der Waals surface area contributed by atoms with Crippen LogP contribution in [-0.4, -0.2) is 41.3 Å². The molecule has 25 heavy (non-hydrogen) atoms. The maximum atomic E-state index is 12.4. The highest BCUT2D eigenvalue weighted by molar-refractivity contribution is 7.14. The summed E-state index contributed by atoms with van der Waals surface area (Å²) in [6.45, 7) is 5.84. The highest BCUT2D eigenvalue weighted by atomic mass is 32.1. The van der Waals surface area contributed by atoms with E-state index in [-0.39, 0.29) is 23.7 Å². The molecule has 8 heteroatoms. The van der Waals surface area contributed by atoms with E-state index in [1.165, 1.54) is 17.6 Å². The number of furan rings is 1. The van der Waals surface area contributed by atoms with Crippen molar-refractivity contribution in [2.24, 2.45) is 11.1 Å². The fourth-order valence-electron chi connectivity index (χ4n) is 2.90.